The van der Waals surface area contributed by atoms with Gasteiger partial charge in [-0.1, -0.05) is 19.1 Å². The maximum Gasteiger partial charge on any atom is 0.257 e. The van der Waals surface area contributed by atoms with Crippen molar-refractivity contribution in [2.24, 2.45) is 4.99 Å². The van der Waals surface area contributed by atoms with E-state index in [0.29, 0.717) is 18.8 Å². The van der Waals surface area contributed by atoms with E-state index >= 15 is 0 Å². The third kappa shape index (κ3) is 8.47. The second kappa shape index (κ2) is 13.4. The fraction of sp³-hybridized carbons (Fsp3) is 0.400. The number of aliphatic imine (C=N–C) groups is 1. The molecule has 0 aliphatic heterocycles. The normalized spacial score (nSPS) is 10.8. The maximum atomic E-state index is 11.5. The predicted octanol–water partition coefficient (Wildman–Crippen LogP) is 3.31. The molecule has 0 saturated carbocycles. The van der Waals surface area contributed by atoms with Crippen LogP contribution in [0.15, 0.2) is 41.4 Å². The first kappa shape index (κ1) is 24.2. The molecule has 1 heterocycles. The van der Waals surface area contributed by atoms with Gasteiger partial charge in [0.2, 0.25) is 0 Å². The van der Waals surface area contributed by atoms with E-state index in [9.17, 15) is 4.79 Å². The Morgan fingerprint density at radius 1 is 1.07 bits per heavy atom. The van der Waals surface area contributed by atoms with Crippen molar-refractivity contribution >= 4 is 47.2 Å². The number of likely N-dealkylation sites (N-methyl/N-ethyl adjacent to an activating group) is 1. The Morgan fingerprint density at radius 3 is 2.50 bits per heavy atom. The summed E-state index contributed by atoms with van der Waals surface area (Å²) in [5, 5.41) is 9.34. The molecule has 2 rings (SSSR count). The lowest BCUT2D eigenvalue weighted by Crippen LogP contribution is -2.36. The van der Waals surface area contributed by atoms with E-state index in [4.69, 9.17) is 4.74 Å². The van der Waals surface area contributed by atoms with Gasteiger partial charge in [0.15, 0.2) is 12.6 Å². The minimum absolute atomic E-state index is 0. The lowest BCUT2D eigenvalue weighted by Gasteiger charge is -2.12. The molecule has 154 valence electrons. The Balaban J connectivity index is 0.00000392. The van der Waals surface area contributed by atoms with Crippen LogP contribution in [0.2, 0.25) is 0 Å². The van der Waals surface area contributed by atoms with Gasteiger partial charge >= 0.3 is 0 Å². The first-order chi connectivity index (χ1) is 13.1. The molecule has 1 aromatic heterocycles. The van der Waals surface area contributed by atoms with Crippen LogP contribution in [0.3, 0.4) is 0 Å². The van der Waals surface area contributed by atoms with E-state index in [1.54, 1.807) is 7.05 Å². The first-order valence-electron chi connectivity index (χ1n) is 9.15. The SMILES string of the molecule is CCNC(=O)COc1cccc(CNC(=NC)NCc2ccc(CC)s2)c1.I. The van der Waals surface area contributed by atoms with Crippen LogP contribution in [0.5, 0.6) is 5.75 Å². The number of carbonyl (C=O) groups excluding carboxylic acids is 1. The molecule has 6 nitrogen and oxygen atoms in total. The van der Waals surface area contributed by atoms with Gasteiger partial charge in [-0.15, -0.1) is 35.3 Å². The van der Waals surface area contributed by atoms with E-state index in [1.807, 2.05) is 42.5 Å². The molecule has 8 heteroatoms. The Kier molecular flexibility index (Phi) is 11.6. The van der Waals surface area contributed by atoms with Crippen LogP contribution in [0.4, 0.5) is 0 Å². The highest BCUT2D eigenvalue weighted by atomic mass is 127. The number of ether oxygens (including phenoxy) is 1. The Labute approximate surface area is 188 Å². The molecule has 0 unspecified atom stereocenters. The van der Waals surface area contributed by atoms with E-state index < -0.39 is 0 Å². The van der Waals surface area contributed by atoms with Gasteiger partial charge in [0.05, 0.1) is 6.54 Å². The number of halogens is 1. The molecule has 0 aliphatic rings. The molecule has 2 aromatic rings. The molecular weight excluding hydrogens is 487 g/mol. The van der Waals surface area contributed by atoms with E-state index in [1.165, 1.54) is 9.75 Å². The summed E-state index contributed by atoms with van der Waals surface area (Å²) in [6, 6.07) is 12.0. The molecule has 0 aliphatic carbocycles. The summed E-state index contributed by atoms with van der Waals surface area (Å²) in [5.41, 5.74) is 1.05. The molecule has 0 atom stereocenters. The minimum Gasteiger partial charge on any atom is -0.484 e. The molecule has 0 saturated heterocycles. The molecule has 0 bridgehead atoms. The smallest absolute Gasteiger partial charge is 0.257 e. The second-order valence-electron chi connectivity index (χ2n) is 5.89. The Bertz CT molecular complexity index is 764. The van der Waals surface area contributed by atoms with Gasteiger partial charge in [-0.2, -0.15) is 0 Å². The van der Waals surface area contributed by atoms with Gasteiger partial charge < -0.3 is 20.7 Å². The molecule has 1 aromatic carbocycles. The van der Waals surface area contributed by atoms with Crippen molar-refractivity contribution < 1.29 is 9.53 Å². The summed E-state index contributed by atoms with van der Waals surface area (Å²) >= 11 is 1.82. The average molecular weight is 516 g/mol. The number of rotatable bonds is 9. The molecule has 0 radical (unpaired) electrons. The third-order valence-corrected chi connectivity index (χ3v) is 5.05. The fourth-order valence-electron chi connectivity index (χ4n) is 2.43. The number of amides is 1. The zero-order valence-corrected chi connectivity index (χ0v) is 19.7. The van der Waals surface area contributed by atoms with Crippen LogP contribution in [0.25, 0.3) is 0 Å². The third-order valence-electron chi connectivity index (χ3n) is 3.82. The Morgan fingerprint density at radius 2 is 1.82 bits per heavy atom. The monoisotopic (exact) mass is 516 g/mol. The largest absolute Gasteiger partial charge is 0.484 e. The second-order valence-corrected chi connectivity index (χ2v) is 7.14. The fourth-order valence-corrected chi connectivity index (χ4v) is 3.32. The maximum absolute atomic E-state index is 11.5. The lowest BCUT2D eigenvalue weighted by atomic mass is 10.2. The van der Waals surface area contributed by atoms with Crippen LogP contribution in [-0.2, 0) is 24.3 Å². The number of thiophene rings is 1. The van der Waals surface area contributed by atoms with Crippen LogP contribution >= 0.6 is 35.3 Å². The van der Waals surface area contributed by atoms with Crippen LogP contribution in [0, 0.1) is 0 Å². The number of hydrogen-bond acceptors (Lipinski definition) is 4. The summed E-state index contributed by atoms with van der Waals surface area (Å²) in [6.45, 7) is 6.03. The summed E-state index contributed by atoms with van der Waals surface area (Å²) in [4.78, 5) is 18.4. The zero-order valence-electron chi connectivity index (χ0n) is 16.6. The van der Waals surface area contributed by atoms with Gasteiger partial charge in [-0.3, -0.25) is 9.79 Å². The topological polar surface area (TPSA) is 74.8 Å². The number of aryl methyl sites for hydroxylation is 1. The number of hydrogen-bond donors (Lipinski definition) is 3. The number of nitrogens with one attached hydrogen (secondary N) is 3. The predicted molar refractivity (Wildman–Crippen MR) is 127 cm³/mol. The number of benzene rings is 1. The highest BCUT2D eigenvalue weighted by molar-refractivity contribution is 14.0. The van der Waals surface area contributed by atoms with Crippen molar-refractivity contribution in [3.05, 3.63) is 51.7 Å². The van der Waals surface area contributed by atoms with Gasteiger partial charge in [-0.05, 0) is 43.2 Å². The van der Waals surface area contributed by atoms with E-state index in [-0.39, 0.29) is 36.5 Å². The highest BCUT2D eigenvalue weighted by Gasteiger charge is 2.04. The molecule has 1 amide bonds. The number of nitrogens with zero attached hydrogens (tertiary/aromatic N) is 1. The molecule has 28 heavy (non-hydrogen) atoms. The molecule has 0 spiro atoms. The summed E-state index contributed by atoms with van der Waals surface area (Å²) in [5.74, 6) is 1.30. The number of carbonyl (C=O) groups is 1. The first-order valence-corrected chi connectivity index (χ1v) is 9.96. The van der Waals surface area contributed by atoms with Crippen molar-refractivity contribution in [3.63, 3.8) is 0 Å². The summed E-state index contributed by atoms with van der Waals surface area (Å²) in [7, 11) is 1.76. The molecule has 0 fully saturated rings. The Hall–Kier alpha value is -1.81. The van der Waals surface area contributed by atoms with Crippen molar-refractivity contribution in [1.29, 1.82) is 0 Å². The summed E-state index contributed by atoms with van der Waals surface area (Å²) in [6.07, 6.45) is 1.07. The minimum atomic E-state index is -0.120. The molecule has 3 N–H and O–H groups in total. The van der Waals surface area contributed by atoms with Crippen molar-refractivity contribution in [3.8, 4) is 5.75 Å². The van der Waals surface area contributed by atoms with E-state index in [2.05, 4.69) is 40.0 Å². The quantitative estimate of drug-likeness (QED) is 0.272. The standard InChI is InChI=1S/C20H28N4O2S.HI/c1-4-17-9-10-18(27-17)13-24-20(21-3)23-12-15-7-6-8-16(11-15)26-14-19(25)22-5-2;/h6-11H,4-5,12-14H2,1-3H3,(H,22,25)(H2,21,23,24);1H. The van der Waals surface area contributed by atoms with Crippen molar-refractivity contribution in [2.75, 3.05) is 20.2 Å². The van der Waals surface area contributed by atoms with E-state index in [0.717, 1.165) is 24.5 Å². The molecular formula is C20H29IN4O2S. The van der Waals surface area contributed by atoms with Crippen molar-refractivity contribution in [2.45, 2.75) is 33.4 Å². The van der Waals surface area contributed by atoms with Gasteiger partial charge in [0.25, 0.3) is 5.91 Å². The van der Waals surface area contributed by atoms with Crippen LogP contribution < -0.4 is 20.7 Å². The average Bonchev–Trinajstić information content (AvgIpc) is 3.15. The summed E-state index contributed by atoms with van der Waals surface area (Å²) < 4.78 is 5.53. The van der Waals surface area contributed by atoms with Crippen molar-refractivity contribution in [1.82, 2.24) is 16.0 Å². The highest BCUT2D eigenvalue weighted by Crippen LogP contribution is 2.16. The number of guanidine groups is 1. The van der Waals surface area contributed by atoms with Crippen LogP contribution in [-0.4, -0.2) is 32.1 Å². The van der Waals surface area contributed by atoms with Crippen LogP contribution in [0.1, 0.15) is 29.2 Å². The van der Waals surface area contributed by atoms with Gasteiger partial charge in [0, 0.05) is 29.9 Å². The van der Waals surface area contributed by atoms with Gasteiger partial charge in [-0.25, -0.2) is 0 Å². The zero-order chi connectivity index (χ0) is 19.5. The van der Waals surface area contributed by atoms with Gasteiger partial charge in [0.1, 0.15) is 5.75 Å². The lowest BCUT2D eigenvalue weighted by molar-refractivity contribution is -0.122.